The number of rotatable bonds is 4. The van der Waals surface area contributed by atoms with Crippen molar-refractivity contribution in [2.75, 3.05) is 19.7 Å². The molecule has 4 heteroatoms. The maximum Gasteiger partial charge on any atom is 0.250 e. The average molecular weight is 302 g/mol. The van der Waals surface area contributed by atoms with Crippen LogP contribution in [0.5, 0.6) is 0 Å². The van der Waals surface area contributed by atoms with Crippen molar-refractivity contribution in [3.8, 4) is 0 Å². The maximum absolute atomic E-state index is 12.4. The number of benzene rings is 1. The Bertz CT molecular complexity index is 471. The highest BCUT2D eigenvalue weighted by Crippen LogP contribution is 2.27. The van der Waals surface area contributed by atoms with Crippen molar-refractivity contribution in [1.82, 2.24) is 10.6 Å². The maximum atomic E-state index is 12.4. The molecule has 22 heavy (non-hydrogen) atoms. The molecule has 0 aromatic heterocycles. The summed E-state index contributed by atoms with van der Waals surface area (Å²) < 4.78 is 5.56. The van der Waals surface area contributed by atoms with Gasteiger partial charge in [0.25, 0.3) is 5.91 Å². The summed E-state index contributed by atoms with van der Waals surface area (Å²) in [6.07, 6.45) is 5.49. The Kier molecular flexibility index (Phi) is 5.46. The molecule has 0 spiro atoms. The standard InChI is InChI=1S/C18H26N2O2/c21-18(17-13-19-10-11-22-17)20-16-9-5-4-8-15(16)12-14-6-2-1-3-7-14/h1-3,6-7,15-17,19H,4-5,8-13H2,(H,20,21). The molecule has 1 saturated heterocycles. The lowest BCUT2D eigenvalue weighted by Crippen LogP contribution is -2.52. The van der Waals surface area contributed by atoms with Gasteiger partial charge in [0.05, 0.1) is 6.61 Å². The first-order chi connectivity index (χ1) is 10.8. The smallest absolute Gasteiger partial charge is 0.250 e. The van der Waals surface area contributed by atoms with Crippen LogP contribution in [-0.4, -0.2) is 37.7 Å². The fourth-order valence-corrected chi connectivity index (χ4v) is 3.57. The monoisotopic (exact) mass is 302 g/mol. The molecule has 1 heterocycles. The van der Waals surface area contributed by atoms with Gasteiger partial charge in [-0.3, -0.25) is 4.79 Å². The van der Waals surface area contributed by atoms with Crippen LogP contribution in [0.25, 0.3) is 0 Å². The molecule has 1 saturated carbocycles. The summed E-state index contributed by atoms with van der Waals surface area (Å²) in [4.78, 5) is 12.4. The van der Waals surface area contributed by atoms with Crippen LogP contribution in [0, 0.1) is 5.92 Å². The molecule has 0 radical (unpaired) electrons. The van der Waals surface area contributed by atoms with Crippen molar-refractivity contribution in [2.24, 2.45) is 5.92 Å². The number of hydrogen-bond donors (Lipinski definition) is 2. The zero-order valence-corrected chi connectivity index (χ0v) is 13.1. The molecule has 1 amide bonds. The Morgan fingerprint density at radius 3 is 2.82 bits per heavy atom. The quantitative estimate of drug-likeness (QED) is 0.893. The largest absolute Gasteiger partial charge is 0.366 e. The van der Waals surface area contributed by atoms with Gasteiger partial charge in [0.2, 0.25) is 0 Å². The summed E-state index contributed by atoms with van der Waals surface area (Å²) in [5.74, 6) is 0.591. The van der Waals surface area contributed by atoms with Crippen LogP contribution in [0.4, 0.5) is 0 Å². The number of carbonyl (C=O) groups excluding carboxylic acids is 1. The van der Waals surface area contributed by atoms with Gasteiger partial charge in [-0.05, 0) is 30.7 Å². The Hall–Kier alpha value is -1.39. The van der Waals surface area contributed by atoms with E-state index in [4.69, 9.17) is 4.74 Å². The molecule has 1 aromatic rings. The molecule has 120 valence electrons. The van der Waals surface area contributed by atoms with E-state index >= 15 is 0 Å². The van der Waals surface area contributed by atoms with Gasteiger partial charge in [-0.15, -0.1) is 0 Å². The first-order valence-corrected chi connectivity index (χ1v) is 8.49. The SMILES string of the molecule is O=C(NC1CCCCC1Cc1ccccc1)C1CNCCO1. The molecule has 2 aliphatic rings. The number of hydrogen-bond acceptors (Lipinski definition) is 3. The highest BCUT2D eigenvalue weighted by molar-refractivity contribution is 5.81. The lowest BCUT2D eigenvalue weighted by Gasteiger charge is -2.34. The molecule has 2 N–H and O–H groups in total. The first-order valence-electron chi connectivity index (χ1n) is 8.49. The number of morpholine rings is 1. The Morgan fingerprint density at radius 2 is 2.05 bits per heavy atom. The minimum Gasteiger partial charge on any atom is -0.366 e. The molecule has 1 aliphatic carbocycles. The minimum absolute atomic E-state index is 0.0529. The van der Waals surface area contributed by atoms with Crippen molar-refractivity contribution < 1.29 is 9.53 Å². The second-order valence-electron chi connectivity index (χ2n) is 6.41. The number of nitrogens with one attached hydrogen (secondary N) is 2. The van der Waals surface area contributed by atoms with E-state index in [0.717, 1.165) is 19.4 Å². The molecule has 2 fully saturated rings. The van der Waals surface area contributed by atoms with Gasteiger partial charge in [0, 0.05) is 19.1 Å². The molecule has 4 nitrogen and oxygen atoms in total. The van der Waals surface area contributed by atoms with Gasteiger partial charge in [0.1, 0.15) is 6.10 Å². The molecule has 3 unspecified atom stereocenters. The zero-order valence-electron chi connectivity index (χ0n) is 13.1. The average Bonchev–Trinajstić information content (AvgIpc) is 2.58. The number of carbonyl (C=O) groups is 1. The first kappa shape index (κ1) is 15.5. The normalized spacial score (nSPS) is 29.0. The summed E-state index contributed by atoms with van der Waals surface area (Å²) in [6.45, 7) is 2.09. The topological polar surface area (TPSA) is 50.4 Å². The Morgan fingerprint density at radius 1 is 1.23 bits per heavy atom. The second-order valence-corrected chi connectivity index (χ2v) is 6.41. The van der Waals surface area contributed by atoms with Crippen LogP contribution in [0.1, 0.15) is 31.2 Å². The lowest BCUT2D eigenvalue weighted by molar-refractivity contribution is -0.135. The second kappa shape index (κ2) is 7.75. The van der Waals surface area contributed by atoms with E-state index in [1.54, 1.807) is 0 Å². The summed E-state index contributed by atoms with van der Waals surface area (Å²) in [7, 11) is 0. The van der Waals surface area contributed by atoms with E-state index in [1.807, 2.05) is 0 Å². The third-order valence-corrected chi connectivity index (χ3v) is 4.80. The zero-order chi connectivity index (χ0) is 15.2. The highest BCUT2D eigenvalue weighted by Gasteiger charge is 2.30. The van der Waals surface area contributed by atoms with Crippen LogP contribution >= 0.6 is 0 Å². The van der Waals surface area contributed by atoms with Crippen molar-refractivity contribution >= 4 is 5.91 Å². The van der Waals surface area contributed by atoms with Crippen LogP contribution in [0.2, 0.25) is 0 Å². The summed E-state index contributed by atoms with van der Waals surface area (Å²) >= 11 is 0. The fourth-order valence-electron chi connectivity index (χ4n) is 3.57. The van der Waals surface area contributed by atoms with Crippen molar-refractivity contribution in [1.29, 1.82) is 0 Å². The van der Waals surface area contributed by atoms with Crippen LogP contribution in [0.3, 0.4) is 0 Å². The van der Waals surface area contributed by atoms with Gasteiger partial charge in [-0.2, -0.15) is 0 Å². The predicted octanol–water partition coefficient (Wildman–Crippen LogP) is 1.89. The van der Waals surface area contributed by atoms with Gasteiger partial charge in [-0.25, -0.2) is 0 Å². The lowest BCUT2D eigenvalue weighted by atomic mass is 9.80. The number of amides is 1. The highest BCUT2D eigenvalue weighted by atomic mass is 16.5. The summed E-state index contributed by atoms with van der Waals surface area (Å²) in [5, 5.41) is 6.47. The summed E-state index contributed by atoms with van der Waals surface area (Å²) in [6, 6.07) is 10.9. The molecular formula is C18H26N2O2. The van der Waals surface area contributed by atoms with E-state index in [9.17, 15) is 4.79 Å². The molecule has 0 bridgehead atoms. The fraction of sp³-hybridized carbons (Fsp3) is 0.611. The molecule has 3 atom stereocenters. The van der Waals surface area contributed by atoms with E-state index in [1.165, 1.54) is 24.8 Å². The minimum atomic E-state index is -0.326. The van der Waals surface area contributed by atoms with Crippen molar-refractivity contribution in [3.63, 3.8) is 0 Å². The van der Waals surface area contributed by atoms with Crippen molar-refractivity contribution in [2.45, 2.75) is 44.2 Å². The Balaban J connectivity index is 1.58. The van der Waals surface area contributed by atoms with E-state index in [-0.39, 0.29) is 18.1 Å². The van der Waals surface area contributed by atoms with Crippen molar-refractivity contribution in [3.05, 3.63) is 35.9 Å². The van der Waals surface area contributed by atoms with E-state index in [2.05, 4.69) is 41.0 Å². The predicted molar refractivity (Wildman–Crippen MR) is 86.6 cm³/mol. The van der Waals surface area contributed by atoms with Gasteiger partial charge in [-0.1, -0.05) is 43.2 Å². The summed E-state index contributed by atoms with van der Waals surface area (Å²) in [5.41, 5.74) is 1.37. The van der Waals surface area contributed by atoms with Gasteiger partial charge >= 0.3 is 0 Å². The number of ether oxygens (including phenoxy) is 1. The third-order valence-electron chi connectivity index (χ3n) is 4.80. The van der Waals surface area contributed by atoms with Crippen LogP contribution in [-0.2, 0) is 16.0 Å². The molecule has 1 aliphatic heterocycles. The third kappa shape index (κ3) is 4.08. The van der Waals surface area contributed by atoms with Gasteiger partial charge in [0.15, 0.2) is 0 Å². The Labute approximate surface area is 132 Å². The van der Waals surface area contributed by atoms with Crippen LogP contribution < -0.4 is 10.6 Å². The molecule has 3 rings (SSSR count). The van der Waals surface area contributed by atoms with Crippen LogP contribution in [0.15, 0.2) is 30.3 Å². The molecule has 1 aromatic carbocycles. The molecular weight excluding hydrogens is 276 g/mol. The van der Waals surface area contributed by atoms with Gasteiger partial charge < -0.3 is 15.4 Å². The van der Waals surface area contributed by atoms with E-state index in [0.29, 0.717) is 19.1 Å². The van der Waals surface area contributed by atoms with E-state index < -0.39 is 0 Å².